The van der Waals surface area contributed by atoms with Gasteiger partial charge < -0.3 is 5.32 Å². The molecule has 9 heteroatoms. The molecular weight excluding hydrogens is 470 g/mol. The van der Waals surface area contributed by atoms with Crippen LogP contribution in [0.3, 0.4) is 0 Å². The van der Waals surface area contributed by atoms with Crippen LogP contribution < -0.4 is 10.9 Å². The number of nitrogens with one attached hydrogen (secondary N) is 1. The third-order valence-electron chi connectivity index (χ3n) is 5.50. The van der Waals surface area contributed by atoms with Crippen LogP contribution in [-0.4, -0.2) is 31.0 Å². The Morgan fingerprint density at radius 1 is 1.12 bits per heavy atom. The van der Waals surface area contributed by atoms with Crippen molar-refractivity contribution in [1.29, 1.82) is 0 Å². The Balaban J connectivity index is 1.55. The molecule has 0 saturated carbocycles. The average molecular weight is 496 g/mol. The number of carbonyl (C=O) groups is 1. The molecule has 2 aromatic heterocycles. The lowest BCUT2D eigenvalue weighted by molar-refractivity contribution is -0.113. The van der Waals surface area contributed by atoms with Crippen molar-refractivity contribution in [3.05, 3.63) is 74.8 Å². The van der Waals surface area contributed by atoms with E-state index in [1.165, 1.54) is 17.3 Å². The Kier molecular flexibility index (Phi) is 7.09. The first-order valence-corrected chi connectivity index (χ1v) is 12.4. The summed E-state index contributed by atoms with van der Waals surface area (Å²) >= 11 is 7.33. The molecule has 0 atom stereocenters. The monoisotopic (exact) mass is 495 g/mol. The van der Waals surface area contributed by atoms with Gasteiger partial charge >= 0.3 is 0 Å². The van der Waals surface area contributed by atoms with Crippen LogP contribution in [0, 0.1) is 20.8 Å². The zero-order chi connectivity index (χ0) is 24.4. The highest BCUT2D eigenvalue weighted by Gasteiger charge is 2.17. The van der Waals surface area contributed by atoms with Gasteiger partial charge in [-0.1, -0.05) is 48.0 Å². The molecule has 0 aliphatic carbocycles. The molecule has 0 aliphatic heterocycles. The predicted octanol–water partition coefficient (Wildman–Crippen LogP) is 5.30. The van der Waals surface area contributed by atoms with Crippen molar-refractivity contribution in [2.75, 3.05) is 11.1 Å². The molecule has 0 aliphatic rings. The summed E-state index contributed by atoms with van der Waals surface area (Å²) in [4.78, 5) is 30.5. The third-order valence-corrected chi connectivity index (χ3v) is 6.71. The molecule has 176 valence electrons. The zero-order valence-electron chi connectivity index (χ0n) is 19.6. The maximum atomic E-state index is 13.0. The molecule has 2 aromatic carbocycles. The number of carbonyl (C=O) groups excluding carboxylic acids is 1. The summed E-state index contributed by atoms with van der Waals surface area (Å²) < 4.78 is 3.45. The molecule has 4 aromatic rings. The van der Waals surface area contributed by atoms with Gasteiger partial charge in [-0.15, -0.1) is 0 Å². The van der Waals surface area contributed by atoms with Crippen molar-refractivity contribution in [3.63, 3.8) is 0 Å². The summed E-state index contributed by atoms with van der Waals surface area (Å²) in [5.74, 6) is -0.0836. The molecule has 0 saturated heterocycles. The number of hydrogen-bond donors (Lipinski definition) is 1. The minimum atomic E-state index is -0.192. The quantitative estimate of drug-likeness (QED) is 0.278. The van der Waals surface area contributed by atoms with Crippen molar-refractivity contribution in [2.45, 2.75) is 45.8 Å². The van der Waals surface area contributed by atoms with Gasteiger partial charge in [0.15, 0.2) is 5.16 Å². The molecule has 7 nitrogen and oxygen atoms in total. The lowest BCUT2D eigenvalue weighted by Crippen LogP contribution is -2.24. The van der Waals surface area contributed by atoms with Crippen LogP contribution in [0.15, 0.2) is 52.4 Å². The van der Waals surface area contributed by atoms with Crippen molar-refractivity contribution in [2.24, 2.45) is 0 Å². The van der Waals surface area contributed by atoms with E-state index in [0.29, 0.717) is 33.3 Å². The van der Waals surface area contributed by atoms with Crippen LogP contribution in [0.2, 0.25) is 5.02 Å². The number of nitrogens with zero attached hydrogens (tertiary/aromatic N) is 4. The van der Waals surface area contributed by atoms with Gasteiger partial charge in [-0.2, -0.15) is 5.10 Å². The fourth-order valence-electron chi connectivity index (χ4n) is 3.77. The summed E-state index contributed by atoms with van der Waals surface area (Å²) in [5, 5.41) is 9.11. The third kappa shape index (κ3) is 4.88. The van der Waals surface area contributed by atoms with Crippen molar-refractivity contribution in [1.82, 2.24) is 19.3 Å². The Labute approximate surface area is 207 Å². The molecule has 0 unspecified atom stereocenters. The molecule has 2 heterocycles. The van der Waals surface area contributed by atoms with Gasteiger partial charge in [0.05, 0.1) is 39.4 Å². The summed E-state index contributed by atoms with van der Waals surface area (Å²) in [6, 6.07) is 13.1. The second kappa shape index (κ2) is 10.0. The van der Waals surface area contributed by atoms with Crippen molar-refractivity contribution < 1.29 is 4.79 Å². The smallest absolute Gasteiger partial charge is 0.262 e. The van der Waals surface area contributed by atoms with Gasteiger partial charge in [-0.3, -0.25) is 14.2 Å². The Hall–Kier alpha value is -3.10. The molecule has 1 amide bonds. The number of hydrogen-bond acceptors (Lipinski definition) is 5. The van der Waals surface area contributed by atoms with Crippen LogP contribution in [0.25, 0.3) is 16.6 Å². The molecule has 0 bridgehead atoms. The van der Waals surface area contributed by atoms with E-state index >= 15 is 0 Å². The number of thioether (sulfide) groups is 1. The predicted molar refractivity (Wildman–Crippen MR) is 138 cm³/mol. The topological polar surface area (TPSA) is 81.8 Å². The molecule has 0 spiro atoms. The highest BCUT2D eigenvalue weighted by molar-refractivity contribution is 7.99. The second-order valence-corrected chi connectivity index (χ2v) is 9.52. The molecule has 1 N–H and O–H groups in total. The van der Waals surface area contributed by atoms with E-state index in [4.69, 9.17) is 11.6 Å². The summed E-state index contributed by atoms with van der Waals surface area (Å²) in [7, 11) is 0. The number of fused-ring (bicyclic) bond motifs is 1. The van der Waals surface area contributed by atoms with E-state index in [1.807, 2.05) is 56.6 Å². The first-order chi connectivity index (χ1) is 16.3. The number of rotatable bonds is 7. The van der Waals surface area contributed by atoms with Crippen molar-refractivity contribution in [3.8, 4) is 5.69 Å². The van der Waals surface area contributed by atoms with Gasteiger partial charge in [0, 0.05) is 11.6 Å². The second-order valence-electron chi connectivity index (χ2n) is 8.14. The fraction of sp³-hybridized carbons (Fsp3) is 0.280. The molecule has 0 radical (unpaired) electrons. The van der Waals surface area contributed by atoms with E-state index in [0.717, 1.165) is 23.5 Å². The number of benzene rings is 2. The minimum absolute atomic E-state index is 0.108. The Bertz CT molecular complexity index is 1430. The Morgan fingerprint density at radius 2 is 1.85 bits per heavy atom. The largest absolute Gasteiger partial charge is 0.322 e. The lowest BCUT2D eigenvalue weighted by Gasteiger charge is -2.12. The molecule has 4 rings (SSSR count). The van der Waals surface area contributed by atoms with Crippen LogP contribution >= 0.6 is 23.4 Å². The molecular formula is C25H26ClN5O2S. The molecule has 34 heavy (non-hydrogen) atoms. The Morgan fingerprint density at radius 3 is 2.56 bits per heavy atom. The standard InChI is InChI=1S/C25H26ClN5O2S/c1-5-12-30-24(33)20-11-8-18(26)13-21(20)27-25(30)34-14-22(32)28-23-16(3)29-31(17(23)4)19-9-6-15(2)7-10-19/h6-11,13H,5,12,14H2,1-4H3,(H,28,32). The first-order valence-electron chi connectivity index (χ1n) is 11.0. The van der Waals surface area contributed by atoms with E-state index in [-0.39, 0.29) is 17.2 Å². The van der Waals surface area contributed by atoms with Crippen LogP contribution in [0.1, 0.15) is 30.3 Å². The maximum absolute atomic E-state index is 13.0. The van der Waals surface area contributed by atoms with Gasteiger partial charge in [0.2, 0.25) is 5.91 Å². The van der Waals surface area contributed by atoms with Crippen LogP contribution in [0.5, 0.6) is 0 Å². The lowest BCUT2D eigenvalue weighted by atomic mass is 10.2. The fourth-order valence-corrected chi connectivity index (χ4v) is 4.76. The highest BCUT2D eigenvalue weighted by Crippen LogP contribution is 2.25. The summed E-state index contributed by atoms with van der Waals surface area (Å²) in [6.07, 6.45) is 0.775. The number of aromatic nitrogens is 4. The van der Waals surface area contributed by atoms with E-state index in [2.05, 4.69) is 15.4 Å². The van der Waals surface area contributed by atoms with Crippen LogP contribution in [-0.2, 0) is 11.3 Å². The van der Waals surface area contributed by atoms with E-state index in [9.17, 15) is 9.59 Å². The molecule has 0 fully saturated rings. The number of aryl methyl sites for hydroxylation is 2. The summed E-state index contributed by atoms with van der Waals surface area (Å²) in [5.41, 5.74) is 4.77. The normalized spacial score (nSPS) is 11.2. The number of halogens is 1. The van der Waals surface area contributed by atoms with Gasteiger partial charge in [0.1, 0.15) is 0 Å². The minimum Gasteiger partial charge on any atom is -0.322 e. The van der Waals surface area contributed by atoms with Crippen molar-refractivity contribution >= 4 is 45.9 Å². The van der Waals surface area contributed by atoms with E-state index < -0.39 is 0 Å². The number of anilines is 1. The maximum Gasteiger partial charge on any atom is 0.262 e. The van der Waals surface area contributed by atoms with Gasteiger partial charge in [-0.25, -0.2) is 9.67 Å². The first kappa shape index (κ1) is 24.0. The van der Waals surface area contributed by atoms with Gasteiger partial charge in [0.25, 0.3) is 5.56 Å². The van der Waals surface area contributed by atoms with E-state index in [1.54, 1.807) is 22.8 Å². The zero-order valence-corrected chi connectivity index (χ0v) is 21.1. The number of amides is 1. The summed E-state index contributed by atoms with van der Waals surface area (Å²) in [6.45, 7) is 8.35. The SMILES string of the molecule is CCCn1c(SCC(=O)Nc2c(C)nn(-c3ccc(C)cc3)c2C)nc2cc(Cl)ccc2c1=O. The average Bonchev–Trinajstić information content (AvgIpc) is 3.08. The highest BCUT2D eigenvalue weighted by atomic mass is 35.5. The van der Waals surface area contributed by atoms with Crippen LogP contribution in [0.4, 0.5) is 5.69 Å². The van der Waals surface area contributed by atoms with Gasteiger partial charge in [-0.05, 0) is 57.5 Å².